The summed E-state index contributed by atoms with van der Waals surface area (Å²) in [4.78, 5) is 26.1. The van der Waals surface area contributed by atoms with Crippen molar-refractivity contribution in [3.8, 4) is 0 Å². The Morgan fingerprint density at radius 2 is 0.933 bits per heavy atom. The molecule has 0 rings (SSSR count). The number of carbonyl (C=O) groups is 2. The van der Waals surface area contributed by atoms with Gasteiger partial charge in [-0.3, -0.25) is 9.59 Å². The zero-order valence-corrected chi connectivity index (χ0v) is 39.3. The molecule has 6 nitrogen and oxygen atoms in total. The standard InChI is InChI=1S/C54H95NO5/c1-4-7-10-13-16-19-22-24-25-26-27-29-31-33-36-39-42-45-50(60-54(59)47-44-41-38-35-30-21-18-15-12-9-6-3)48-53(58)55-51(49-56)52(57)46-43-40-37-34-32-28-23-20-17-14-11-8-5-2/h7,10,15-16,18-19,24-25,27,29,33,36,50-52,56-57H,4-6,8-9,11-14,17,20-23,26,28,30-32,34-35,37-49H2,1-3H3,(H,55,58)/b10-7-,18-15-,19-16-,25-24-,29-27-,36-33-. The van der Waals surface area contributed by atoms with E-state index in [1.54, 1.807) is 0 Å². The summed E-state index contributed by atoms with van der Waals surface area (Å²) < 4.78 is 5.89. The zero-order chi connectivity index (χ0) is 43.8. The number of unbranched alkanes of at least 4 members (excludes halogenated alkanes) is 20. The summed E-state index contributed by atoms with van der Waals surface area (Å²) in [5.41, 5.74) is 0. The molecule has 0 bridgehead atoms. The molecule has 60 heavy (non-hydrogen) atoms. The lowest BCUT2D eigenvalue weighted by molar-refractivity contribution is -0.151. The van der Waals surface area contributed by atoms with Crippen molar-refractivity contribution < 1.29 is 24.5 Å². The Morgan fingerprint density at radius 3 is 1.47 bits per heavy atom. The molecule has 0 aliphatic rings. The van der Waals surface area contributed by atoms with E-state index in [9.17, 15) is 19.8 Å². The number of amides is 1. The van der Waals surface area contributed by atoms with Gasteiger partial charge in [0.25, 0.3) is 0 Å². The third-order valence-electron chi connectivity index (χ3n) is 11.0. The monoisotopic (exact) mass is 838 g/mol. The predicted octanol–water partition coefficient (Wildman–Crippen LogP) is 15.0. The number of hydrogen-bond acceptors (Lipinski definition) is 5. The molecular formula is C54H95NO5. The lowest BCUT2D eigenvalue weighted by atomic mass is 10.0. The van der Waals surface area contributed by atoms with Gasteiger partial charge in [-0.15, -0.1) is 0 Å². The first-order chi connectivity index (χ1) is 29.5. The van der Waals surface area contributed by atoms with Crippen LogP contribution in [0.3, 0.4) is 0 Å². The highest BCUT2D eigenvalue weighted by atomic mass is 16.5. The van der Waals surface area contributed by atoms with Crippen LogP contribution in [0, 0.1) is 0 Å². The number of nitrogens with one attached hydrogen (secondary N) is 1. The Kier molecular flexibility index (Phi) is 45.2. The van der Waals surface area contributed by atoms with Gasteiger partial charge in [0, 0.05) is 6.42 Å². The van der Waals surface area contributed by atoms with Gasteiger partial charge in [-0.2, -0.15) is 0 Å². The average Bonchev–Trinajstić information content (AvgIpc) is 3.24. The molecule has 0 radical (unpaired) electrons. The molecule has 0 saturated heterocycles. The lowest BCUT2D eigenvalue weighted by Gasteiger charge is -2.24. The molecule has 0 saturated carbocycles. The minimum absolute atomic E-state index is 0.0329. The van der Waals surface area contributed by atoms with Crippen LogP contribution >= 0.6 is 0 Å². The molecule has 6 heteroatoms. The molecule has 0 spiro atoms. The molecule has 0 aromatic carbocycles. The highest BCUT2D eigenvalue weighted by Gasteiger charge is 2.24. The van der Waals surface area contributed by atoms with Gasteiger partial charge in [-0.1, -0.05) is 209 Å². The Labute approximate surface area is 371 Å². The van der Waals surface area contributed by atoms with Gasteiger partial charge in [-0.05, 0) is 83.5 Å². The van der Waals surface area contributed by atoms with Crippen molar-refractivity contribution in [2.45, 2.75) is 251 Å². The molecule has 346 valence electrons. The van der Waals surface area contributed by atoms with Crippen molar-refractivity contribution in [1.29, 1.82) is 0 Å². The van der Waals surface area contributed by atoms with Gasteiger partial charge in [0.05, 0.1) is 25.2 Å². The summed E-state index contributed by atoms with van der Waals surface area (Å²) in [6.45, 7) is 6.31. The van der Waals surface area contributed by atoms with Crippen LogP contribution < -0.4 is 5.32 Å². The van der Waals surface area contributed by atoms with Gasteiger partial charge in [0.1, 0.15) is 6.10 Å². The number of esters is 1. The van der Waals surface area contributed by atoms with E-state index in [1.807, 2.05) is 0 Å². The van der Waals surface area contributed by atoms with E-state index in [0.717, 1.165) is 89.9 Å². The van der Waals surface area contributed by atoms with Crippen LogP contribution in [-0.2, 0) is 14.3 Å². The summed E-state index contributed by atoms with van der Waals surface area (Å²) in [6.07, 6.45) is 59.6. The first kappa shape index (κ1) is 57.3. The number of allylic oxidation sites excluding steroid dienone is 12. The van der Waals surface area contributed by atoms with Crippen molar-refractivity contribution in [2.24, 2.45) is 0 Å². The molecule has 3 atom stereocenters. The fourth-order valence-corrected chi connectivity index (χ4v) is 7.21. The Bertz CT molecular complexity index is 1120. The topological polar surface area (TPSA) is 95.9 Å². The summed E-state index contributed by atoms with van der Waals surface area (Å²) in [6, 6.07) is -0.723. The van der Waals surface area contributed by atoms with E-state index in [2.05, 4.69) is 99.0 Å². The van der Waals surface area contributed by atoms with Crippen molar-refractivity contribution in [2.75, 3.05) is 6.61 Å². The fraction of sp³-hybridized carbons (Fsp3) is 0.741. The molecule has 0 aromatic heterocycles. The van der Waals surface area contributed by atoms with E-state index in [0.29, 0.717) is 19.3 Å². The second-order valence-electron chi connectivity index (χ2n) is 16.8. The van der Waals surface area contributed by atoms with Gasteiger partial charge >= 0.3 is 5.97 Å². The van der Waals surface area contributed by atoms with Crippen molar-refractivity contribution >= 4 is 11.9 Å². The zero-order valence-electron chi connectivity index (χ0n) is 39.3. The number of aliphatic hydroxyl groups excluding tert-OH is 2. The molecular weight excluding hydrogens is 743 g/mol. The minimum Gasteiger partial charge on any atom is -0.462 e. The smallest absolute Gasteiger partial charge is 0.306 e. The van der Waals surface area contributed by atoms with E-state index >= 15 is 0 Å². The molecule has 3 unspecified atom stereocenters. The highest BCUT2D eigenvalue weighted by molar-refractivity contribution is 5.77. The fourth-order valence-electron chi connectivity index (χ4n) is 7.21. The predicted molar refractivity (Wildman–Crippen MR) is 259 cm³/mol. The van der Waals surface area contributed by atoms with E-state index in [-0.39, 0.29) is 24.9 Å². The van der Waals surface area contributed by atoms with Crippen LogP contribution in [0.15, 0.2) is 72.9 Å². The summed E-state index contributed by atoms with van der Waals surface area (Å²) in [5, 5.41) is 23.7. The average molecular weight is 838 g/mol. The van der Waals surface area contributed by atoms with Gasteiger partial charge in [-0.25, -0.2) is 0 Å². The van der Waals surface area contributed by atoms with Crippen LogP contribution in [0.2, 0.25) is 0 Å². The number of hydrogen-bond donors (Lipinski definition) is 3. The van der Waals surface area contributed by atoms with Crippen LogP contribution in [0.4, 0.5) is 0 Å². The third-order valence-corrected chi connectivity index (χ3v) is 11.0. The van der Waals surface area contributed by atoms with Gasteiger partial charge in [0.2, 0.25) is 5.91 Å². The number of aliphatic hydroxyl groups is 2. The van der Waals surface area contributed by atoms with Crippen LogP contribution in [0.5, 0.6) is 0 Å². The summed E-state index contributed by atoms with van der Waals surface area (Å²) in [7, 11) is 0. The van der Waals surface area contributed by atoms with E-state index in [4.69, 9.17) is 4.74 Å². The van der Waals surface area contributed by atoms with E-state index in [1.165, 1.54) is 96.3 Å². The van der Waals surface area contributed by atoms with Crippen molar-refractivity contribution in [1.82, 2.24) is 5.32 Å². The lowest BCUT2D eigenvalue weighted by Crippen LogP contribution is -2.46. The van der Waals surface area contributed by atoms with Crippen molar-refractivity contribution in [3.63, 3.8) is 0 Å². The molecule has 0 heterocycles. The first-order valence-corrected chi connectivity index (χ1v) is 25.2. The number of rotatable bonds is 44. The Morgan fingerprint density at radius 1 is 0.500 bits per heavy atom. The SMILES string of the molecule is CC/C=C\C/C=C\C/C=C\C/C=C\C/C=C\CCCC(CC(=O)NC(CO)C(O)CCCCCCCCCCCCCCC)OC(=O)CCCCCCC/C=C\CCCC. The Hall–Kier alpha value is -2.70. The van der Waals surface area contributed by atoms with Crippen LogP contribution in [0.1, 0.15) is 233 Å². The summed E-state index contributed by atoms with van der Waals surface area (Å²) >= 11 is 0. The van der Waals surface area contributed by atoms with Crippen LogP contribution in [-0.4, -0.2) is 46.9 Å². The molecule has 1 amide bonds. The minimum atomic E-state index is -0.805. The molecule has 3 N–H and O–H groups in total. The Balaban J connectivity index is 4.71. The van der Waals surface area contributed by atoms with E-state index < -0.39 is 18.2 Å². The summed E-state index contributed by atoms with van der Waals surface area (Å²) in [5.74, 6) is -0.544. The second-order valence-corrected chi connectivity index (χ2v) is 16.8. The molecule has 0 aromatic rings. The first-order valence-electron chi connectivity index (χ1n) is 25.2. The maximum absolute atomic E-state index is 13.2. The molecule has 0 fully saturated rings. The van der Waals surface area contributed by atoms with Gasteiger partial charge in [0.15, 0.2) is 0 Å². The molecule has 0 aliphatic heterocycles. The quantitative estimate of drug-likeness (QED) is 0.0323. The molecule has 0 aliphatic carbocycles. The third kappa shape index (κ3) is 42.0. The second kappa shape index (κ2) is 47.4. The van der Waals surface area contributed by atoms with Crippen LogP contribution in [0.25, 0.3) is 0 Å². The largest absolute Gasteiger partial charge is 0.462 e. The maximum Gasteiger partial charge on any atom is 0.306 e. The number of ether oxygens (including phenoxy) is 1. The maximum atomic E-state index is 13.2. The normalized spacial score (nSPS) is 13.9. The van der Waals surface area contributed by atoms with Gasteiger partial charge < -0.3 is 20.3 Å². The number of carbonyl (C=O) groups excluding carboxylic acids is 2. The highest BCUT2D eigenvalue weighted by Crippen LogP contribution is 2.17. The van der Waals surface area contributed by atoms with Crippen molar-refractivity contribution in [3.05, 3.63) is 72.9 Å².